The highest BCUT2D eigenvalue weighted by atomic mass is 32.2. The third-order valence-corrected chi connectivity index (χ3v) is 2.89. The van der Waals surface area contributed by atoms with Gasteiger partial charge in [-0.2, -0.15) is 0 Å². The van der Waals surface area contributed by atoms with Crippen molar-refractivity contribution in [3.63, 3.8) is 0 Å². The van der Waals surface area contributed by atoms with E-state index >= 15 is 0 Å². The number of rotatable bonds is 4. The second kappa shape index (κ2) is 4.60. The number of allylic oxidation sites excluding steroid dienone is 1. The Morgan fingerprint density at radius 3 is 2.44 bits per heavy atom. The number of aryl methyl sites for hydroxylation is 1. The topological polar surface area (TPSA) is 77.7 Å². The van der Waals surface area contributed by atoms with Crippen LogP contribution in [0.1, 0.15) is 0 Å². The van der Waals surface area contributed by atoms with Crippen LogP contribution in [-0.2, 0) is 16.9 Å². The molecule has 0 bridgehead atoms. The Kier molecular flexibility index (Phi) is 3.62. The zero-order valence-corrected chi connectivity index (χ0v) is 8.77. The van der Waals surface area contributed by atoms with Crippen molar-refractivity contribution >= 4 is 9.84 Å². The van der Waals surface area contributed by atoms with Gasteiger partial charge in [0.05, 0.1) is 0 Å². The highest BCUT2D eigenvalue weighted by Crippen LogP contribution is 2.11. The monoisotopic (exact) mass is 256 g/mol. The van der Waals surface area contributed by atoms with E-state index in [-0.39, 0.29) is 6.08 Å². The number of tetrazole rings is 1. The Bertz CT molecular complexity index is 484. The molecule has 1 heterocycles. The minimum atomic E-state index is -4.10. The SMILES string of the molecule is Cn1nnnc1S(=O)(=O)/C=C/C(F)C(F)F. The first-order valence-corrected chi connectivity index (χ1v) is 5.47. The molecule has 0 saturated heterocycles. The number of halogens is 3. The molecule has 1 rings (SSSR count). The fourth-order valence-corrected chi connectivity index (χ4v) is 1.82. The normalized spacial score (nSPS) is 14.8. The summed E-state index contributed by atoms with van der Waals surface area (Å²) in [5.74, 6) is 0. The van der Waals surface area contributed by atoms with Gasteiger partial charge in [0.25, 0.3) is 11.6 Å². The van der Waals surface area contributed by atoms with Crippen LogP contribution < -0.4 is 0 Å². The number of nitrogens with zero attached hydrogens (tertiary/aromatic N) is 4. The van der Waals surface area contributed by atoms with Gasteiger partial charge in [-0.15, -0.1) is 0 Å². The van der Waals surface area contributed by atoms with E-state index in [1.165, 1.54) is 7.05 Å². The molecule has 1 aromatic heterocycles. The Morgan fingerprint density at radius 1 is 1.38 bits per heavy atom. The highest BCUT2D eigenvalue weighted by molar-refractivity contribution is 7.94. The van der Waals surface area contributed by atoms with Gasteiger partial charge in [-0.3, -0.25) is 0 Å². The number of aromatic nitrogens is 4. The first-order chi connectivity index (χ1) is 7.34. The molecule has 16 heavy (non-hydrogen) atoms. The van der Waals surface area contributed by atoms with Gasteiger partial charge < -0.3 is 0 Å². The molecule has 0 saturated carbocycles. The summed E-state index contributed by atoms with van der Waals surface area (Å²) < 4.78 is 59.5. The molecule has 0 radical (unpaired) electrons. The summed E-state index contributed by atoms with van der Waals surface area (Å²) in [7, 11) is -2.85. The smallest absolute Gasteiger partial charge is 0.237 e. The molecule has 0 aliphatic rings. The van der Waals surface area contributed by atoms with E-state index in [2.05, 4.69) is 15.5 Å². The summed E-state index contributed by atoms with van der Waals surface area (Å²) in [4.78, 5) is 0. The molecule has 0 spiro atoms. The van der Waals surface area contributed by atoms with Crippen molar-refractivity contribution in [2.24, 2.45) is 7.05 Å². The van der Waals surface area contributed by atoms with Crippen LogP contribution in [0, 0.1) is 0 Å². The van der Waals surface area contributed by atoms with Gasteiger partial charge in [0, 0.05) is 12.5 Å². The first kappa shape index (κ1) is 12.6. The maximum absolute atomic E-state index is 12.4. The summed E-state index contributed by atoms with van der Waals surface area (Å²) in [6.07, 6.45) is -5.67. The molecule has 0 N–H and O–H groups in total. The predicted octanol–water partition coefficient (Wildman–Crippen LogP) is 0.101. The van der Waals surface area contributed by atoms with Crippen LogP contribution in [0.15, 0.2) is 16.6 Å². The van der Waals surface area contributed by atoms with E-state index in [1.54, 1.807) is 0 Å². The van der Waals surface area contributed by atoms with Gasteiger partial charge in [0.1, 0.15) is 0 Å². The average Bonchev–Trinajstić information content (AvgIpc) is 2.61. The largest absolute Gasteiger partial charge is 0.272 e. The Morgan fingerprint density at radius 2 is 2.00 bits per heavy atom. The van der Waals surface area contributed by atoms with Crippen molar-refractivity contribution in [2.45, 2.75) is 17.8 Å². The maximum atomic E-state index is 12.4. The summed E-state index contributed by atoms with van der Waals surface area (Å²) in [6.45, 7) is 0. The van der Waals surface area contributed by atoms with Crippen molar-refractivity contribution in [1.82, 2.24) is 20.2 Å². The number of alkyl halides is 3. The second-order valence-electron chi connectivity index (χ2n) is 2.74. The molecule has 0 fully saturated rings. The first-order valence-electron chi connectivity index (χ1n) is 3.92. The molecule has 1 aromatic rings. The molecule has 1 unspecified atom stereocenters. The van der Waals surface area contributed by atoms with Crippen LogP contribution in [0.5, 0.6) is 0 Å². The number of hydrogen-bond donors (Lipinski definition) is 0. The quantitative estimate of drug-likeness (QED) is 0.763. The van der Waals surface area contributed by atoms with Crippen LogP contribution in [0.2, 0.25) is 0 Å². The zero-order chi connectivity index (χ0) is 12.3. The molecule has 90 valence electrons. The molecular formula is C6H7F3N4O2S. The van der Waals surface area contributed by atoms with Gasteiger partial charge >= 0.3 is 0 Å². The highest BCUT2D eigenvalue weighted by Gasteiger charge is 2.21. The lowest BCUT2D eigenvalue weighted by Crippen LogP contribution is -2.11. The summed E-state index contributed by atoms with van der Waals surface area (Å²) in [5, 5.41) is 9.23. The van der Waals surface area contributed by atoms with E-state index in [0.717, 1.165) is 4.68 Å². The van der Waals surface area contributed by atoms with Crippen LogP contribution in [-0.4, -0.2) is 41.2 Å². The molecule has 0 aromatic carbocycles. The lowest BCUT2D eigenvalue weighted by molar-refractivity contribution is 0.0751. The standard InChI is InChI=1S/C6H7F3N4O2S/c1-13-6(10-11-12-13)16(14,15)3-2-4(7)5(8)9/h2-5H,1H3/b3-2+. The average molecular weight is 256 g/mol. The van der Waals surface area contributed by atoms with E-state index in [4.69, 9.17) is 0 Å². The van der Waals surface area contributed by atoms with Crippen LogP contribution >= 0.6 is 0 Å². The number of hydrogen-bond acceptors (Lipinski definition) is 5. The van der Waals surface area contributed by atoms with E-state index in [9.17, 15) is 21.6 Å². The third kappa shape index (κ3) is 2.78. The minimum absolute atomic E-state index is 0.245. The third-order valence-electron chi connectivity index (χ3n) is 1.52. The molecule has 0 aliphatic heterocycles. The van der Waals surface area contributed by atoms with Gasteiger partial charge in [-0.1, -0.05) is 5.10 Å². The van der Waals surface area contributed by atoms with E-state index in [1.807, 2.05) is 0 Å². The van der Waals surface area contributed by atoms with Crippen molar-refractivity contribution < 1.29 is 21.6 Å². The molecular weight excluding hydrogens is 249 g/mol. The molecule has 0 aliphatic carbocycles. The van der Waals surface area contributed by atoms with Gasteiger partial charge in [0.15, 0.2) is 6.17 Å². The zero-order valence-electron chi connectivity index (χ0n) is 7.96. The Balaban J connectivity index is 2.94. The van der Waals surface area contributed by atoms with Crippen molar-refractivity contribution in [1.29, 1.82) is 0 Å². The summed E-state index contributed by atoms with van der Waals surface area (Å²) in [5.41, 5.74) is 0. The van der Waals surface area contributed by atoms with Crippen molar-refractivity contribution in [3.8, 4) is 0 Å². The van der Waals surface area contributed by atoms with Crippen LogP contribution in [0.3, 0.4) is 0 Å². The summed E-state index contributed by atoms with van der Waals surface area (Å²) in [6, 6.07) is 0. The van der Waals surface area contributed by atoms with Gasteiger partial charge in [-0.05, 0) is 16.5 Å². The minimum Gasteiger partial charge on any atom is -0.237 e. The summed E-state index contributed by atoms with van der Waals surface area (Å²) >= 11 is 0. The fourth-order valence-electron chi connectivity index (χ4n) is 0.786. The molecule has 1 atom stereocenters. The Hall–Kier alpha value is -1.45. The van der Waals surface area contributed by atoms with E-state index < -0.39 is 27.6 Å². The van der Waals surface area contributed by atoms with Gasteiger partial charge in [0.2, 0.25) is 9.84 Å². The van der Waals surface area contributed by atoms with Crippen LogP contribution in [0.25, 0.3) is 0 Å². The molecule has 6 nitrogen and oxygen atoms in total. The van der Waals surface area contributed by atoms with Crippen molar-refractivity contribution in [2.75, 3.05) is 0 Å². The lowest BCUT2D eigenvalue weighted by Gasteiger charge is -1.99. The Labute approximate surface area is 88.7 Å². The maximum Gasteiger partial charge on any atom is 0.272 e. The van der Waals surface area contributed by atoms with E-state index in [0.29, 0.717) is 5.41 Å². The second-order valence-corrected chi connectivity index (χ2v) is 4.46. The molecule has 10 heteroatoms. The van der Waals surface area contributed by atoms with Crippen LogP contribution in [0.4, 0.5) is 13.2 Å². The van der Waals surface area contributed by atoms with Gasteiger partial charge in [-0.25, -0.2) is 26.3 Å². The predicted molar refractivity (Wildman–Crippen MR) is 46.0 cm³/mol. The molecule has 0 amide bonds. The lowest BCUT2D eigenvalue weighted by atomic mass is 10.4. The fraction of sp³-hybridized carbons (Fsp3) is 0.500. The number of sulfone groups is 1. The van der Waals surface area contributed by atoms with Crippen molar-refractivity contribution in [3.05, 3.63) is 11.5 Å².